The van der Waals surface area contributed by atoms with E-state index in [1.165, 1.54) is 41.0 Å². The molecule has 0 aliphatic carbocycles. The molecule has 18 heteroatoms. The summed E-state index contributed by atoms with van der Waals surface area (Å²) >= 11 is 6.61. The van der Waals surface area contributed by atoms with Crippen LogP contribution < -0.4 is 15.4 Å². The molecule has 4 aliphatic rings. The molecule has 4 aliphatic heterocycles. The number of alkyl halides is 4. The van der Waals surface area contributed by atoms with Crippen molar-refractivity contribution in [3.63, 3.8) is 0 Å². The van der Waals surface area contributed by atoms with E-state index in [-0.39, 0.29) is 41.9 Å². The van der Waals surface area contributed by atoms with E-state index in [4.69, 9.17) is 31.6 Å². The number of nitrogens with two attached hydrogens (primary N) is 1. The number of hydrogen-bond donors (Lipinski definition) is 1. The Hall–Kier alpha value is -3.80. The summed E-state index contributed by atoms with van der Waals surface area (Å²) in [5, 5.41) is 5.56. The molecule has 0 saturated carbocycles. The number of halogens is 6. The Balaban J connectivity index is 0.000000428. The van der Waals surface area contributed by atoms with Crippen LogP contribution in [-0.4, -0.2) is 88.7 Å². The second-order valence-electron chi connectivity index (χ2n) is 13.1. The topological polar surface area (TPSA) is 124 Å². The second kappa shape index (κ2) is 14.7. The number of amides is 1. The number of nitrogen functional groups attached to an aromatic ring is 1. The zero-order valence-electron chi connectivity index (χ0n) is 28.7. The van der Waals surface area contributed by atoms with E-state index in [1.54, 1.807) is 4.68 Å². The highest BCUT2D eigenvalue weighted by molar-refractivity contribution is 6.34. The third-order valence-corrected chi connectivity index (χ3v) is 10.2. The average Bonchev–Trinajstić information content (AvgIpc) is 3.71. The van der Waals surface area contributed by atoms with Crippen LogP contribution in [0.1, 0.15) is 75.9 Å². The molecule has 0 spiro atoms. The number of fused-ring (bicyclic) bond motifs is 3. The van der Waals surface area contributed by atoms with Gasteiger partial charge in [-0.15, -0.1) is 0 Å². The molecule has 51 heavy (non-hydrogen) atoms. The quantitative estimate of drug-likeness (QED) is 0.206. The van der Waals surface area contributed by atoms with Crippen molar-refractivity contribution in [3.05, 3.63) is 56.2 Å². The summed E-state index contributed by atoms with van der Waals surface area (Å²) in [6.45, 7) is 4.05. The van der Waals surface area contributed by atoms with Gasteiger partial charge in [0.2, 0.25) is 0 Å². The fourth-order valence-electron chi connectivity index (χ4n) is 7.35. The van der Waals surface area contributed by atoms with E-state index in [9.17, 15) is 22.4 Å². The first kappa shape index (κ1) is 37.0. The number of methoxy groups -OCH3 is 1. The smallest absolute Gasteiger partial charge is 0.417 e. The minimum Gasteiger partial charge on any atom is -0.467 e. The molecule has 1 amide bonds. The first-order valence-corrected chi connectivity index (χ1v) is 17.0. The Labute approximate surface area is 296 Å². The van der Waals surface area contributed by atoms with Gasteiger partial charge in [0, 0.05) is 50.3 Å². The molecule has 2 aromatic heterocycles. The Kier molecular flexibility index (Phi) is 10.6. The molecule has 1 aromatic carbocycles. The van der Waals surface area contributed by atoms with Gasteiger partial charge >= 0.3 is 12.2 Å². The molecule has 3 unspecified atom stereocenters. The molecule has 278 valence electrons. The molecular formula is C33H40ClF5N8O4. The van der Waals surface area contributed by atoms with Gasteiger partial charge in [0.1, 0.15) is 12.0 Å². The normalized spacial score (nSPS) is 21.7. The Bertz CT molecular complexity index is 1780. The minimum atomic E-state index is -4.83. The monoisotopic (exact) mass is 742 g/mol. The van der Waals surface area contributed by atoms with E-state index in [0.717, 1.165) is 24.1 Å². The predicted octanol–water partition coefficient (Wildman–Crippen LogP) is 5.43. The third kappa shape index (κ3) is 7.30. The average molecular weight is 743 g/mol. The second-order valence-corrected chi connectivity index (χ2v) is 13.4. The number of anilines is 2. The van der Waals surface area contributed by atoms with E-state index in [2.05, 4.69) is 20.0 Å². The summed E-state index contributed by atoms with van der Waals surface area (Å²) in [6.07, 6.45) is -2.91. The number of carbonyl (C=O) groups is 1. The number of carbonyl (C=O) groups excluding carboxylic acids is 1. The summed E-state index contributed by atoms with van der Waals surface area (Å²) < 4.78 is 82.7. The number of rotatable bonds is 5. The Morgan fingerprint density at radius 1 is 1.18 bits per heavy atom. The molecule has 3 atom stereocenters. The number of aryl methyl sites for hydroxylation is 2. The summed E-state index contributed by atoms with van der Waals surface area (Å²) in [7, 11) is 4.15. The number of hydroxylamine groups is 2. The standard InChI is InChI=1S/C26H28ClF4N7O4.C7H12FN/c1-12-8-14(32)21(28)18(19(12)26(29,30)31)17-9-15-13(11-42-17)23(34-25(33-15)40-3)37-6-5-7-38-16(10-37)20(27)22(35-38)24(39)36(2)41-4;8-6-4-7-2-1-3-9(7)5-6/h8,17H,5-7,9-11,32H2,1-4H3;6-7H,1-5H2. The van der Waals surface area contributed by atoms with Crippen LogP contribution in [0.2, 0.25) is 5.02 Å². The number of hydrogen-bond acceptors (Lipinski definition) is 10. The Morgan fingerprint density at radius 2 is 1.94 bits per heavy atom. The zero-order valence-corrected chi connectivity index (χ0v) is 29.5. The fraction of sp³-hybridized carbons (Fsp3) is 0.576. The van der Waals surface area contributed by atoms with E-state index in [1.807, 2.05) is 4.90 Å². The molecule has 2 N–H and O–H groups in total. The zero-order chi connectivity index (χ0) is 36.8. The summed E-state index contributed by atoms with van der Waals surface area (Å²) in [5.41, 5.74) is 4.78. The lowest BCUT2D eigenvalue weighted by Crippen LogP contribution is -2.29. The van der Waals surface area contributed by atoms with Gasteiger partial charge < -0.3 is 20.1 Å². The van der Waals surface area contributed by atoms with Crippen molar-refractivity contribution >= 4 is 29.0 Å². The first-order chi connectivity index (χ1) is 24.2. The molecule has 6 heterocycles. The molecule has 3 aromatic rings. The van der Waals surface area contributed by atoms with Gasteiger partial charge in [0.05, 0.1) is 61.1 Å². The highest BCUT2D eigenvalue weighted by Crippen LogP contribution is 2.44. The maximum atomic E-state index is 15.2. The first-order valence-electron chi connectivity index (χ1n) is 16.6. The number of aromatic nitrogens is 4. The van der Waals surface area contributed by atoms with Crippen molar-refractivity contribution in [1.82, 2.24) is 29.7 Å². The fourth-order valence-corrected chi connectivity index (χ4v) is 7.63. The van der Waals surface area contributed by atoms with Gasteiger partial charge in [-0.3, -0.25) is 19.2 Å². The highest BCUT2D eigenvalue weighted by atomic mass is 35.5. The van der Waals surface area contributed by atoms with Crippen molar-refractivity contribution in [2.24, 2.45) is 0 Å². The van der Waals surface area contributed by atoms with Gasteiger partial charge in [0.25, 0.3) is 5.91 Å². The van der Waals surface area contributed by atoms with Crippen LogP contribution in [0.5, 0.6) is 6.01 Å². The van der Waals surface area contributed by atoms with Crippen LogP contribution in [0.15, 0.2) is 6.07 Å². The molecule has 2 saturated heterocycles. The lowest BCUT2D eigenvalue weighted by Gasteiger charge is -2.32. The van der Waals surface area contributed by atoms with Crippen LogP contribution in [-0.2, 0) is 41.9 Å². The van der Waals surface area contributed by atoms with Crippen LogP contribution in [0, 0.1) is 12.7 Å². The minimum absolute atomic E-state index is 0.0221. The lowest BCUT2D eigenvalue weighted by atomic mass is 9.91. The molecule has 7 rings (SSSR count). The third-order valence-electron chi connectivity index (χ3n) is 9.83. The highest BCUT2D eigenvalue weighted by Gasteiger charge is 2.42. The van der Waals surface area contributed by atoms with Crippen molar-refractivity contribution in [2.75, 3.05) is 51.5 Å². The molecule has 0 radical (unpaired) electrons. The van der Waals surface area contributed by atoms with Gasteiger partial charge in [-0.2, -0.15) is 28.2 Å². The van der Waals surface area contributed by atoms with E-state index in [0.29, 0.717) is 54.9 Å². The predicted molar refractivity (Wildman–Crippen MR) is 176 cm³/mol. The number of nitrogens with zero attached hydrogens (tertiary/aromatic N) is 7. The maximum Gasteiger partial charge on any atom is 0.417 e. The van der Waals surface area contributed by atoms with Crippen molar-refractivity contribution in [3.8, 4) is 6.01 Å². The van der Waals surface area contributed by atoms with Gasteiger partial charge in [-0.05, 0) is 50.8 Å². The van der Waals surface area contributed by atoms with Gasteiger partial charge in [-0.1, -0.05) is 11.6 Å². The Morgan fingerprint density at radius 3 is 2.63 bits per heavy atom. The van der Waals surface area contributed by atoms with Crippen LogP contribution >= 0.6 is 11.6 Å². The summed E-state index contributed by atoms with van der Waals surface area (Å²) in [6, 6.07) is 1.55. The molecule has 2 fully saturated rings. The lowest BCUT2D eigenvalue weighted by molar-refractivity contribution is -0.140. The van der Waals surface area contributed by atoms with Crippen LogP contribution in [0.25, 0.3) is 0 Å². The summed E-state index contributed by atoms with van der Waals surface area (Å²) in [5.74, 6) is -1.27. The van der Waals surface area contributed by atoms with Gasteiger partial charge in [0.15, 0.2) is 11.5 Å². The SMILES string of the molecule is COc1nc2c(c(N3CCCn4nc(C(=O)N(C)OC)c(Cl)c4C3)n1)COC(c1c(F)c(N)cc(C)c1C(F)(F)F)C2.FC1CC2CCCN2C1. The van der Waals surface area contributed by atoms with E-state index >= 15 is 4.39 Å². The van der Waals surface area contributed by atoms with Crippen LogP contribution in [0.4, 0.5) is 33.5 Å². The van der Waals surface area contributed by atoms with Crippen molar-refractivity contribution in [2.45, 2.75) is 83.2 Å². The van der Waals surface area contributed by atoms with E-state index < -0.39 is 47.0 Å². The van der Waals surface area contributed by atoms with Gasteiger partial charge in [-0.25, -0.2) is 13.8 Å². The number of benzene rings is 1. The maximum absolute atomic E-state index is 15.2. The molecular weight excluding hydrogens is 703 g/mol. The van der Waals surface area contributed by atoms with Crippen molar-refractivity contribution in [1.29, 1.82) is 0 Å². The molecule has 12 nitrogen and oxygen atoms in total. The summed E-state index contributed by atoms with van der Waals surface area (Å²) in [4.78, 5) is 30.8. The van der Waals surface area contributed by atoms with Crippen LogP contribution in [0.3, 0.4) is 0 Å². The molecule has 0 bridgehead atoms. The largest absolute Gasteiger partial charge is 0.467 e. The number of ether oxygens (including phenoxy) is 2. The van der Waals surface area contributed by atoms with Crippen molar-refractivity contribution < 1.29 is 41.1 Å².